The molecule has 0 bridgehead atoms. The molecule has 4 rings (SSSR count). The molecule has 8 N–H and O–H groups in total. The molecular formula is C53H78N2O10. The van der Waals surface area contributed by atoms with Crippen molar-refractivity contribution in [2.24, 2.45) is 0 Å². The number of aliphatic hydroxyl groups is 4. The van der Waals surface area contributed by atoms with Gasteiger partial charge < -0.3 is 60.2 Å². The molecule has 0 amide bonds. The highest BCUT2D eigenvalue weighted by Crippen LogP contribution is 2.24. The first-order valence-corrected chi connectivity index (χ1v) is 24.1. The fraction of sp³-hybridized carbons (Fsp3) is 0.547. The summed E-state index contributed by atoms with van der Waals surface area (Å²) >= 11 is 0. The van der Waals surface area contributed by atoms with Crippen molar-refractivity contribution in [3.63, 3.8) is 0 Å². The van der Waals surface area contributed by atoms with Crippen molar-refractivity contribution < 1.29 is 49.6 Å². The molecular weight excluding hydrogens is 825 g/mol. The van der Waals surface area contributed by atoms with Gasteiger partial charge >= 0.3 is 0 Å². The standard InChI is InChI=1S/C53H78N2O10/c56-40-46-36-44(20-26-50(46)58)52(60)38-54-28-6-1-3-8-30-62-32-12-14-42-16-22-48(23-17-42)64-34-10-5-11-35-65-49-24-18-43(19-25-49)15-13-33-63-31-9-4-2-7-29-55-39-53(61)45-21-27-51(59)47(37-45)41-57/h16-27,36-37,52-61H,1-15,28-35,38-41H2. The van der Waals surface area contributed by atoms with Crippen molar-refractivity contribution in [2.75, 3.05) is 65.8 Å². The van der Waals surface area contributed by atoms with E-state index in [1.165, 1.54) is 23.3 Å². The number of rotatable bonds is 38. The molecule has 0 heterocycles. The third-order valence-electron chi connectivity index (χ3n) is 11.5. The zero-order valence-electron chi connectivity index (χ0n) is 38.6. The van der Waals surface area contributed by atoms with Crippen molar-refractivity contribution in [1.82, 2.24) is 10.6 Å². The normalized spacial score (nSPS) is 12.4. The fourth-order valence-electron chi connectivity index (χ4n) is 7.43. The molecule has 0 saturated carbocycles. The molecule has 0 aromatic heterocycles. The van der Waals surface area contributed by atoms with Crippen molar-refractivity contribution in [2.45, 2.75) is 122 Å². The van der Waals surface area contributed by atoms with Gasteiger partial charge in [-0.05, 0) is 155 Å². The number of aliphatic hydroxyl groups excluding tert-OH is 4. The number of ether oxygens (including phenoxy) is 4. The zero-order chi connectivity index (χ0) is 46.2. The fourth-order valence-corrected chi connectivity index (χ4v) is 7.43. The number of hydrogen-bond acceptors (Lipinski definition) is 12. The van der Waals surface area contributed by atoms with Crippen LogP contribution in [0.2, 0.25) is 0 Å². The minimum absolute atomic E-state index is 0.0405. The average Bonchev–Trinajstić information content (AvgIpc) is 3.32. The maximum Gasteiger partial charge on any atom is 0.121 e. The predicted molar refractivity (Wildman–Crippen MR) is 257 cm³/mol. The number of benzene rings is 4. The maximum absolute atomic E-state index is 10.4. The van der Waals surface area contributed by atoms with Crippen LogP contribution >= 0.6 is 0 Å². The van der Waals surface area contributed by atoms with Gasteiger partial charge in [-0.15, -0.1) is 0 Å². The Balaban J connectivity index is 0.871. The first-order chi connectivity index (χ1) is 31.9. The molecule has 4 aromatic carbocycles. The summed E-state index contributed by atoms with van der Waals surface area (Å²) in [4.78, 5) is 0. The molecule has 12 nitrogen and oxygen atoms in total. The Morgan fingerprint density at radius 2 is 0.785 bits per heavy atom. The van der Waals surface area contributed by atoms with Crippen LogP contribution in [0.1, 0.15) is 129 Å². The molecule has 12 heteroatoms. The summed E-state index contributed by atoms with van der Waals surface area (Å²) in [5.41, 5.74) is 4.79. The quantitative estimate of drug-likeness (QED) is 0.0202. The van der Waals surface area contributed by atoms with Gasteiger partial charge in [0, 0.05) is 50.6 Å². The van der Waals surface area contributed by atoms with E-state index in [0.29, 0.717) is 48.6 Å². The van der Waals surface area contributed by atoms with Gasteiger partial charge in [0.25, 0.3) is 0 Å². The summed E-state index contributed by atoms with van der Waals surface area (Å²) in [7, 11) is 0. The topological polar surface area (TPSA) is 182 Å². The van der Waals surface area contributed by atoms with Gasteiger partial charge in [0.05, 0.1) is 38.6 Å². The minimum Gasteiger partial charge on any atom is -0.508 e. The number of hydrogen-bond donors (Lipinski definition) is 8. The summed E-state index contributed by atoms with van der Waals surface area (Å²) in [5.74, 6) is 1.90. The Labute approximate surface area is 388 Å². The highest BCUT2D eigenvalue weighted by Gasteiger charge is 2.11. The molecule has 2 atom stereocenters. The highest BCUT2D eigenvalue weighted by molar-refractivity contribution is 5.37. The second-order valence-electron chi connectivity index (χ2n) is 16.8. The highest BCUT2D eigenvalue weighted by atomic mass is 16.5. The van der Waals surface area contributed by atoms with Crippen molar-refractivity contribution >= 4 is 0 Å². The maximum atomic E-state index is 10.4. The average molecular weight is 903 g/mol. The van der Waals surface area contributed by atoms with Crippen LogP contribution in [-0.2, 0) is 35.5 Å². The van der Waals surface area contributed by atoms with Gasteiger partial charge in [0.1, 0.15) is 23.0 Å². The number of phenols is 2. The lowest BCUT2D eigenvalue weighted by Gasteiger charge is -2.14. The third kappa shape index (κ3) is 22.7. The van der Waals surface area contributed by atoms with Crippen LogP contribution in [0.3, 0.4) is 0 Å². The minimum atomic E-state index is -0.677. The largest absolute Gasteiger partial charge is 0.508 e. The van der Waals surface area contributed by atoms with Crippen molar-refractivity contribution in [3.05, 3.63) is 118 Å². The van der Waals surface area contributed by atoms with E-state index in [2.05, 4.69) is 59.2 Å². The number of unbranched alkanes of at least 4 members (excludes halogenated alkanes) is 8. The summed E-state index contributed by atoms with van der Waals surface area (Å²) in [6.07, 6.45) is 14.2. The van der Waals surface area contributed by atoms with Crippen molar-refractivity contribution in [1.29, 1.82) is 0 Å². The lowest BCUT2D eigenvalue weighted by Crippen LogP contribution is -2.22. The van der Waals surface area contributed by atoms with Crippen LogP contribution in [0.25, 0.3) is 0 Å². The summed E-state index contributed by atoms with van der Waals surface area (Å²) in [6.45, 7) is 6.50. The first-order valence-electron chi connectivity index (χ1n) is 24.1. The Kier molecular flexibility index (Phi) is 27.3. The van der Waals surface area contributed by atoms with E-state index in [0.717, 1.165) is 147 Å². The van der Waals surface area contributed by atoms with Gasteiger partial charge in [-0.1, -0.05) is 62.1 Å². The Bertz CT molecular complexity index is 1680. The second kappa shape index (κ2) is 33.3. The van der Waals surface area contributed by atoms with E-state index in [4.69, 9.17) is 18.9 Å². The molecule has 0 saturated heterocycles. The lowest BCUT2D eigenvalue weighted by atomic mass is 10.1. The molecule has 0 radical (unpaired) electrons. The summed E-state index contributed by atoms with van der Waals surface area (Å²) in [5, 5.41) is 65.3. The number of aryl methyl sites for hydroxylation is 2. The molecule has 0 aliphatic rings. The molecule has 2 unspecified atom stereocenters. The third-order valence-corrected chi connectivity index (χ3v) is 11.5. The molecule has 0 aliphatic carbocycles. The van der Waals surface area contributed by atoms with E-state index < -0.39 is 12.2 Å². The molecule has 0 fully saturated rings. The van der Waals surface area contributed by atoms with Gasteiger partial charge in [-0.25, -0.2) is 0 Å². The predicted octanol–water partition coefficient (Wildman–Crippen LogP) is 8.38. The van der Waals surface area contributed by atoms with Gasteiger partial charge in [-0.3, -0.25) is 0 Å². The van der Waals surface area contributed by atoms with E-state index in [1.807, 2.05) is 0 Å². The van der Waals surface area contributed by atoms with E-state index in [9.17, 15) is 30.6 Å². The molecule has 0 spiro atoms. The van der Waals surface area contributed by atoms with Crippen LogP contribution in [0.5, 0.6) is 23.0 Å². The second-order valence-corrected chi connectivity index (χ2v) is 16.8. The van der Waals surface area contributed by atoms with Crippen molar-refractivity contribution in [3.8, 4) is 23.0 Å². The van der Waals surface area contributed by atoms with Crippen LogP contribution in [0.4, 0.5) is 0 Å². The Hall–Kier alpha value is -4.24. The Morgan fingerprint density at radius 1 is 0.415 bits per heavy atom. The lowest BCUT2D eigenvalue weighted by molar-refractivity contribution is 0.127. The molecule has 65 heavy (non-hydrogen) atoms. The van der Waals surface area contributed by atoms with Crippen LogP contribution in [-0.4, -0.2) is 96.5 Å². The van der Waals surface area contributed by atoms with E-state index >= 15 is 0 Å². The van der Waals surface area contributed by atoms with Crippen LogP contribution in [0, 0.1) is 0 Å². The van der Waals surface area contributed by atoms with Crippen LogP contribution < -0.4 is 20.1 Å². The first kappa shape index (κ1) is 53.4. The van der Waals surface area contributed by atoms with E-state index in [-0.39, 0.29) is 24.7 Å². The van der Waals surface area contributed by atoms with Crippen LogP contribution in [0.15, 0.2) is 84.9 Å². The van der Waals surface area contributed by atoms with E-state index in [1.54, 1.807) is 24.3 Å². The summed E-state index contributed by atoms with van der Waals surface area (Å²) < 4.78 is 23.7. The SMILES string of the molecule is OCc1cc(C(O)CNCCCCCCOCCCc2ccc(OCCCCCOc3ccc(CCCOCCCCCCNCC(O)c4ccc(O)c(CO)c4)cc3)cc2)ccc1O. The summed E-state index contributed by atoms with van der Waals surface area (Å²) in [6, 6.07) is 26.5. The molecule has 360 valence electrons. The van der Waals surface area contributed by atoms with Gasteiger partial charge in [0.2, 0.25) is 0 Å². The number of nitrogens with one attached hydrogen (secondary N) is 2. The Morgan fingerprint density at radius 3 is 1.20 bits per heavy atom. The monoisotopic (exact) mass is 903 g/mol. The zero-order valence-corrected chi connectivity index (χ0v) is 38.6. The van der Waals surface area contributed by atoms with Gasteiger partial charge in [0.15, 0.2) is 0 Å². The molecule has 4 aromatic rings. The smallest absolute Gasteiger partial charge is 0.121 e. The number of aromatic hydroxyl groups is 2. The molecule has 0 aliphatic heterocycles. The van der Waals surface area contributed by atoms with Gasteiger partial charge in [-0.2, -0.15) is 0 Å².